The van der Waals surface area contributed by atoms with Crippen molar-refractivity contribution in [2.75, 3.05) is 20.8 Å². The smallest absolute Gasteiger partial charge is 0.0614 e. The molecule has 0 saturated heterocycles. The second kappa shape index (κ2) is 6.29. The Hall–Kier alpha value is -0.340. The number of ether oxygens (including phenoxy) is 2. The normalized spacial score (nSPS) is 30.7. The second-order valence-electron chi connectivity index (χ2n) is 4.60. The van der Waals surface area contributed by atoms with E-state index < -0.39 is 0 Å². The topological polar surface area (TPSA) is 18.5 Å². The first kappa shape index (κ1) is 12.7. The Kier molecular flexibility index (Phi) is 5.34. The molecule has 0 spiro atoms. The first-order chi connectivity index (χ1) is 7.26. The Morgan fingerprint density at radius 2 is 2.20 bits per heavy atom. The van der Waals surface area contributed by atoms with E-state index >= 15 is 0 Å². The molecular formula is C13H24O2. The maximum Gasteiger partial charge on any atom is 0.0614 e. The molecule has 88 valence electrons. The summed E-state index contributed by atoms with van der Waals surface area (Å²) in [5, 5.41) is 0. The van der Waals surface area contributed by atoms with Crippen LogP contribution in [0.15, 0.2) is 12.2 Å². The lowest BCUT2D eigenvalue weighted by Crippen LogP contribution is -2.32. The summed E-state index contributed by atoms with van der Waals surface area (Å²) in [5.41, 5.74) is 0.226. The summed E-state index contributed by atoms with van der Waals surface area (Å²) in [6.07, 6.45) is 10.9. The highest BCUT2D eigenvalue weighted by Gasteiger charge is 2.32. The van der Waals surface area contributed by atoms with E-state index in [-0.39, 0.29) is 5.41 Å². The van der Waals surface area contributed by atoms with Crippen LogP contribution in [0.5, 0.6) is 0 Å². The Labute approximate surface area is 93.7 Å². The van der Waals surface area contributed by atoms with Crippen LogP contribution in [0.1, 0.15) is 39.0 Å². The molecule has 1 aliphatic rings. The lowest BCUT2D eigenvalue weighted by Gasteiger charge is -2.36. The van der Waals surface area contributed by atoms with E-state index in [2.05, 4.69) is 19.1 Å². The van der Waals surface area contributed by atoms with E-state index in [0.717, 1.165) is 19.4 Å². The van der Waals surface area contributed by atoms with Gasteiger partial charge in [-0.3, -0.25) is 0 Å². The minimum absolute atomic E-state index is 0.226. The summed E-state index contributed by atoms with van der Waals surface area (Å²) in [5.74, 6) is 0. The van der Waals surface area contributed by atoms with Crippen LogP contribution >= 0.6 is 0 Å². The van der Waals surface area contributed by atoms with Gasteiger partial charge in [-0.2, -0.15) is 0 Å². The zero-order valence-electron chi connectivity index (χ0n) is 10.3. The third-order valence-electron chi connectivity index (χ3n) is 3.30. The minimum Gasteiger partial charge on any atom is -0.384 e. The fraction of sp³-hybridized carbons (Fsp3) is 0.846. The molecule has 0 aromatic heterocycles. The molecule has 0 heterocycles. The third-order valence-corrected chi connectivity index (χ3v) is 3.30. The Bertz CT molecular complexity index is 201. The first-order valence-electron chi connectivity index (χ1n) is 5.96. The number of rotatable bonds is 6. The Morgan fingerprint density at radius 3 is 2.80 bits per heavy atom. The molecule has 0 radical (unpaired) electrons. The van der Waals surface area contributed by atoms with E-state index in [4.69, 9.17) is 9.47 Å². The van der Waals surface area contributed by atoms with Gasteiger partial charge in [0.15, 0.2) is 0 Å². The number of hydrogen-bond donors (Lipinski definition) is 0. The Balaban J connectivity index is 2.62. The number of unbranched alkanes of at least 4 members (excludes halogenated alkanes) is 1. The molecule has 0 unspecified atom stereocenters. The number of methoxy groups -OCH3 is 2. The first-order valence-corrected chi connectivity index (χ1v) is 5.96. The molecule has 0 fully saturated rings. The molecule has 2 atom stereocenters. The molecule has 0 aliphatic heterocycles. The van der Waals surface area contributed by atoms with E-state index in [9.17, 15) is 0 Å². The fourth-order valence-corrected chi connectivity index (χ4v) is 2.44. The van der Waals surface area contributed by atoms with Gasteiger partial charge in [-0.15, -0.1) is 0 Å². The van der Waals surface area contributed by atoms with Crippen molar-refractivity contribution < 1.29 is 9.47 Å². The van der Waals surface area contributed by atoms with Gasteiger partial charge in [0.25, 0.3) is 0 Å². The fourth-order valence-electron chi connectivity index (χ4n) is 2.44. The van der Waals surface area contributed by atoms with Crippen molar-refractivity contribution in [2.45, 2.75) is 45.1 Å². The van der Waals surface area contributed by atoms with Crippen LogP contribution in [-0.4, -0.2) is 26.9 Å². The van der Waals surface area contributed by atoms with Crippen molar-refractivity contribution >= 4 is 0 Å². The molecule has 2 nitrogen and oxygen atoms in total. The largest absolute Gasteiger partial charge is 0.384 e. The van der Waals surface area contributed by atoms with Gasteiger partial charge in [0.2, 0.25) is 0 Å². The average Bonchev–Trinajstić information content (AvgIpc) is 2.27. The molecule has 15 heavy (non-hydrogen) atoms. The molecule has 2 heteroatoms. The minimum atomic E-state index is 0.226. The summed E-state index contributed by atoms with van der Waals surface area (Å²) < 4.78 is 10.8. The monoisotopic (exact) mass is 212 g/mol. The second-order valence-corrected chi connectivity index (χ2v) is 4.60. The lowest BCUT2D eigenvalue weighted by atomic mass is 9.75. The van der Waals surface area contributed by atoms with Gasteiger partial charge in [-0.05, 0) is 19.3 Å². The van der Waals surface area contributed by atoms with Crippen LogP contribution in [-0.2, 0) is 9.47 Å². The van der Waals surface area contributed by atoms with E-state index in [0.29, 0.717) is 6.10 Å². The zero-order chi connectivity index (χ0) is 11.1. The quantitative estimate of drug-likeness (QED) is 0.630. The molecule has 0 saturated carbocycles. The van der Waals surface area contributed by atoms with Crippen molar-refractivity contribution in [3.8, 4) is 0 Å². The van der Waals surface area contributed by atoms with Crippen LogP contribution in [0.4, 0.5) is 0 Å². The molecule has 1 rings (SSSR count). The third kappa shape index (κ3) is 3.62. The average molecular weight is 212 g/mol. The van der Waals surface area contributed by atoms with Crippen molar-refractivity contribution in [2.24, 2.45) is 5.41 Å². The van der Waals surface area contributed by atoms with Crippen LogP contribution in [0.2, 0.25) is 0 Å². The van der Waals surface area contributed by atoms with Crippen LogP contribution in [0.25, 0.3) is 0 Å². The van der Waals surface area contributed by atoms with Crippen LogP contribution in [0.3, 0.4) is 0 Å². The van der Waals surface area contributed by atoms with Gasteiger partial charge in [-0.1, -0.05) is 31.9 Å². The molecule has 0 bridgehead atoms. The molecule has 0 aromatic carbocycles. The predicted octanol–water partition coefficient (Wildman–Crippen LogP) is 3.17. The molecule has 0 N–H and O–H groups in total. The summed E-state index contributed by atoms with van der Waals surface area (Å²) in [6, 6.07) is 0. The standard InChI is InChI=1S/C13H24O2/c1-4-5-8-13(11-14-2)9-6-7-12(10-13)15-3/h6,9,12H,4-5,7-8,10-11H2,1-3H3/t12-,13+/m0/s1. The van der Waals surface area contributed by atoms with E-state index in [1.54, 1.807) is 14.2 Å². The highest BCUT2D eigenvalue weighted by Crippen LogP contribution is 2.37. The lowest BCUT2D eigenvalue weighted by molar-refractivity contribution is 0.0207. The molecule has 0 aromatic rings. The van der Waals surface area contributed by atoms with Gasteiger partial charge < -0.3 is 9.47 Å². The SMILES string of the molecule is CCCC[C@@]1(COC)C=CC[C@H](OC)C1. The zero-order valence-corrected chi connectivity index (χ0v) is 10.3. The van der Waals surface area contributed by atoms with Crippen molar-refractivity contribution in [1.29, 1.82) is 0 Å². The molecule has 0 amide bonds. The van der Waals surface area contributed by atoms with E-state index in [1.807, 2.05) is 0 Å². The highest BCUT2D eigenvalue weighted by molar-refractivity contribution is 5.06. The van der Waals surface area contributed by atoms with Gasteiger partial charge in [0.1, 0.15) is 0 Å². The number of hydrogen-bond acceptors (Lipinski definition) is 2. The van der Waals surface area contributed by atoms with Gasteiger partial charge >= 0.3 is 0 Å². The molecule has 1 aliphatic carbocycles. The van der Waals surface area contributed by atoms with Crippen LogP contribution in [0, 0.1) is 5.41 Å². The van der Waals surface area contributed by atoms with Crippen molar-refractivity contribution in [3.05, 3.63) is 12.2 Å². The maximum atomic E-state index is 5.47. The van der Waals surface area contributed by atoms with Gasteiger partial charge in [-0.25, -0.2) is 0 Å². The summed E-state index contributed by atoms with van der Waals surface area (Å²) in [4.78, 5) is 0. The van der Waals surface area contributed by atoms with Gasteiger partial charge in [0, 0.05) is 19.6 Å². The summed E-state index contributed by atoms with van der Waals surface area (Å²) in [7, 11) is 3.60. The predicted molar refractivity (Wildman–Crippen MR) is 63.0 cm³/mol. The summed E-state index contributed by atoms with van der Waals surface area (Å²) in [6.45, 7) is 3.06. The Morgan fingerprint density at radius 1 is 1.40 bits per heavy atom. The summed E-state index contributed by atoms with van der Waals surface area (Å²) >= 11 is 0. The van der Waals surface area contributed by atoms with E-state index in [1.165, 1.54) is 19.3 Å². The van der Waals surface area contributed by atoms with Crippen molar-refractivity contribution in [3.63, 3.8) is 0 Å². The van der Waals surface area contributed by atoms with Crippen molar-refractivity contribution in [1.82, 2.24) is 0 Å². The molecular weight excluding hydrogens is 188 g/mol. The van der Waals surface area contributed by atoms with Gasteiger partial charge in [0.05, 0.1) is 12.7 Å². The highest BCUT2D eigenvalue weighted by atomic mass is 16.5. The van der Waals surface area contributed by atoms with Crippen LogP contribution < -0.4 is 0 Å². The maximum absolute atomic E-state index is 5.47.